The van der Waals surface area contributed by atoms with E-state index in [1.54, 1.807) is 0 Å². The first-order valence-corrected chi connectivity index (χ1v) is 6.27. The minimum atomic E-state index is -0.168. The summed E-state index contributed by atoms with van der Waals surface area (Å²) in [6.45, 7) is 12.4. The number of piperidine rings is 1. The molecule has 1 rings (SSSR count). The molecule has 0 saturated carbocycles. The third kappa shape index (κ3) is 5.15. The highest BCUT2D eigenvalue weighted by Crippen LogP contribution is 2.17. The average Bonchev–Trinajstić information content (AvgIpc) is 2.19. The van der Waals surface area contributed by atoms with Gasteiger partial charge in [0.1, 0.15) is 19.3 Å². The van der Waals surface area contributed by atoms with Crippen LogP contribution >= 0.6 is 0 Å². The number of carbonyl (C=O) groups is 1. The SMILES string of the molecule is CC1CN(COCOC(C)(C)C)CC(C)C1=O. The maximum atomic E-state index is 11.6. The van der Waals surface area contributed by atoms with Gasteiger partial charge in [0.2, 0.25) is 0 Å². The van der Waals surface area contributed by atoms with Gasteiger partial charge in [-0.05, 0) is 20.8 Å². The van der Waals surface area contributed by atoms with Crippen LogP contribution in [-0.2, 0) is 14.3 Å². The van der Waals surface area contributed by atoms with Gasteiger partial charge in [-0.3, -0.25) is 9.69 Å². The lowest BCUT2D eigenvalue weighted by atomic mass is 9.90. The first-order valence-electron chi connectivity index (χ1n) is 6.27. The van der Waals surface area contributed by atoms with Crippen LogP contribution in [0.3, 0.4) is 0 Å². The molecule has 1 fully saturated rings. The van der Waals surface area contributed by atoms with E-state index in [0.29, 0.717) is 19.3 Å². The van der Waals surface area contributed by atoms with E-state index in [-0.39, 0.29) is 17.4 Å². The number of hydrogen-bond acceptors (Lipinski definition) is 4. The topological polar surface area (TPSA) is 38.8 Å². The number of ether oxygens (including phenoxy) is 2. The van der Waals surface area contributed by atoms with E-state index in [0.717, 1.165) is 13.1 Å². The third-order valence-electron chi connectivity index (χ3n) is 2.88. The lowest BCUT2D eigenvalue weighted by Gasteiger charge is -2.33. The van der Waals surface area contributed by atoms with Gasteiger partial charge in [0.15, 0.2) is 0 Å². The molecule has 1 aliphatic rings. The van der Waals surface area contributed by atoms with Crippen molar-refractivity contribution in [3.05, 3.63) is 0 Å². The Morgan fingerprint density at radius 3 is 2.24 bits per heavy atom. The van der Waals surface area contributed by atoms with E-state index < -0.39 is 0 Å². The van der Waals surface area contributed by atoms with Gasteiger partial charge in [-0.1, -0.05) is 13.8 Å². The van der Waals surface area contributed by atoms with Crippen LogP contribution in [0.15, 0.2) is 0 Å². The fourth-order valence-corrected chi connectivity index (χ4v) is 2.00. The van der Waals surface area contributed by atoms with Gasteiger partial charge in [0.25, 0.3) is 0 Å². The molecule has 2 atom stereocenters. The van der Waals surface area contributed by atoms with E-state index in [9.17, 15) is 4.79 Å². The molecule has 0 spiro atoms. The maximum Gasteiger partial charge on any atom is 0.149 e. The summed E-state index contributed by atoms with van der Waals surface area (Å²) < 4.78 is 11.0. The van der Waals surface area contributed by atoms with Crippen molar-refractivity contribution in [2.75, 3.05) is 26.6 Å². The van der Waals surface area contributed by atoms with Crippen molar-refractivity contribution in [3.8, 4) is 0 Å². The van der Waals surface area contributed by atoms with Crippen LogP contribution < -0.4 is 0 Å². The lowest BCUT2D eigenvalue weighted by Crippen LogP contribution is -2.45. The van der Waals surface area contributed by atoms with Gasteiger partial charge < -0.3 is 9.47 Å². The minimum absolute atomic E-state index is 0.117. The predicted molar refractivity (Wildman–Crippen MR) is 66.6 cm³/mol. The molecule has 100 valence electrons. The molecule has 1 heterocycles. The largest absolute Gasteiger partial charge is 0.350 e. The van der Waals surface area contributed by atoms with Crippen LogP contribution in [0.2, 0.25) is 0 Å². The van der Waals surface area contributed by atoms with Crippen molar-refractivity contribution in [2.24, 2.45) is 11.8 Å². The Balaban J connectivity index is 2.22. The summed E-state index contributed by atoms with van der Waals surface area (Å²) in [6, 6.07) is 0. The average molecular weight is 243 g/mol. The molecule has 0 aromatic rings. The number of hydrogen-bond donors (Lipinski definition) is 0. The summed E-state index contributed by atoms with van der Waals surface area (Å²) in [4.78, 5) is 13.8. The predicted octanol–water partition coefficient (Wildman–Crippen LogP) is 1.89. The highest BCUT2D eigenvalue weighted by molar-refractivity contribution is 5.83. The number of rotatable bonds is 4. The Hall–Kier alpha value is -0.450. The Kier molecular flexibility index (Phi) is 5.10. The summed E-state index contributed by atoms with van der Waals surface area (Å²) in [5.74, 6) is 0.601. The van der Waals surface area contributed by atoms with E-state index in [4.69, 9.17) is 9.47 Å². The molecule has 0 radical (unpaired) electrons. The van der Waals surface area contributed by atoms with Gasteiger partial charge in [-0.15, -0.1) is 0 Å². The summed E-state index contributed by atoms with van der Waals surface area (Å²) in [6.07, 6.45) is 0. The molecule has 0 aliphatic carbocycles. The van der Waals surface area contributed by atoms with Crippen LogP contribution in [0.25, 0.3) is 0 Å². The Morgan fingerprint density at radius 2 is 1.76 bits per heavy atom. The standard InChI is InChI=1S/C13H25NO3/c1-10-6-14(7-11(2)12(10)15)8-16-9-17-13(3,4)5/h10-11H,6-9H2,1-5H3. The number of Topliss-reactive ketones (excluding diaryl/α,β-unsaturated/α-hetero) is 1. The van der Waals surface area contributed by atoms with Crippen LogP contribution in [0.4, 0.5) is 0 Å². The van der Waals surface area contributed by atoms with Gasteiger partial charge in [-0.25, -0.2) is 0 Å². The minimum Gasteiger partial charge on any atom is -0.350 e. The molecular formula is C13H25NO3. The quantitative estimate of drug-likeness (QED) is 0.558. The highest BCUT2D eigenvalue weighted by Gasteiger charge is 2.29. The fourth-order valence-electron chi connectivity index (χ4n) is 2.00. The normalized spacial score (nSPS) is 27.5. The van der Waals surface area contributed by atoms with Gasteiger partial charge >= 0.3 is 0 Å². The molecule has 0 aromatic heterocycles. The smallest absolute Gasteiger partial charge is 0.149 e. The van der Waals surface area contributed by atoms with Gasteiger partial charge in [0, 0.05) is 24.9 Å². The molecule has 0 bridgehead atoms. The first-order chi connectivity index (χ1) is 7.79. The van der Waals surface area contributed by atoms with Crippen LogP contribution in [-0.4, -0.2) is 42.9 Å². The monoisotopic (exact) mass is 243 g/mol. The molecular weight excluding hydrogens is 218 g/mol. The zero-order valence-electron chi connectivity index (χ0n) is 11.7. The molecule has 0 amide bonds. The second-order valence-corrected chi connectivity index (χ2v) is 5.95. The second-order valence-electron chi connectivity index (χ2n) is 5.95. The molecule has 0 aromatic carbocycles. The highest BCUT2D eigenvalue weighted by atomic mass is 16.7. The van der Waals surface area contributed by atoms with E-state index in [1.165, 1.54) is 0 Å². The summed E-state index contributed by atoms with van der Waals surface area (Å²) in [5.41, 5.74) is -0.168. The van der Waals surface area contributed by atoms with Crippen molar-refractivity contribution in [2.45, 2.75) is 40.2 Å². The lowest BCUT2D eigenvalue weighted by molar-refractivity contribution is -0.150. The van der Waals surface area contributed by atoms with Gasteiger partial charge in [-0.2, -0.15) is 0 Å². The number of carbonyl (C=O) groups excluding carboxylic acids is 1. The van der Waals surface area contributed by atoms with E-state index >= 15 is 0 Å². The van der Waals surface area contributed by atoms with Crippen LogP contribution in [0.5, 0.6) is 0 Å². The number of likely N-dealkylation sites (tertiary alicyclic amines) is 1. The first kappa shape index (κ1) is 14.6. The summed E-state index contributed by atoms with van der Waals surface area (Å²) >= 11 is 0. The zero-order valence-corrected chi connectivity index (χ0v) is 11.7. The molecule has 1 saturated heterocycles. The van der Waals surface area contributed by atoms with Crippen molar-refractivity contribution < 1.29 is 14.3 Å². The van der Waals surface area contributed by atoms with E-state index in [2.05, 4.69) is 4.90 Å². The Morgan fingerprint density at radius 1 is 1.24 bits per heavy atom. The van der Waals surface area contributed by atoms with Crippen molar-refractivity contribution in [1.82, 2.24) is 4.90 Å². The molecule has 4 nitrogen and oxygen atoms in total. The van der Waals surface area contributed by atoms with Crippen LogP contribution in [0.1, 0.15) is 34.6 Å². The van der Waals surface area contributed by atoms with Crippen molar-refractivity contribution >= 4 is 5.78 Å². The zero-order chi connectivity index (χ0) is 13.1. The fraction of sp³-hybridized carbons (Fsp3) is 0.923. The molecule has 4 heteroatoms. The van der Waals surface area contributed by atoms with Crippen LogP contribution in [0, 0.1) is 11.8 Å². The Bertz CT molecular complexity index is 246. The van der Waals surface area contributed by atoms with Crippen molar-refractivity contribution in [3.63, 3.8) is 0 Å². The summed E-state index contributed by atoms with van der Waals surface area (Å²) in [5, 5.41) is 0. The van der Waals surface area contributed by atoms with E-state index in [1.807, 2.05) is 34.6 Å². The third-order valence-corrected chi connectivity index (χ3v) is 2.88. The molecule has 2 unspecified atom stereocenters. The number of nitrogens with zero attached hydrogens (tertiary/aromatic N) is 1. The molecule has 1 aliphatic heterocycles. The molecule has 17 heavy (non-hydrogen) atoms. The maximum absolute atomic E-state index is 11.6. The Labute approximate surface area is 104 Å². The van der Waals surface area contributed by atoms with Crippen molar-refractivity contribution in [1.29, 1.82) is 0 Å². The summed E-state index contributed by atoms with van der Waals surface area (Å²) in [7, 11) is 0. The second kappa shape index (κ2) is 5.94. The van der Waals surface area contributed by atoms with Gasteiger partial charge in [0.05, 0.1) is 5.60 Å². The number of ketones is 1. The molecule has 0 N–H and O–H groups in total.